The number of amidine groups is 1. The molecule has 0 saturated carbocycles. The van der Waals surface area contributed by atoms with Gasteiger partial charge in [0.05, 0.1) is 5.84 Å². The Morgan fingerprint density at radius 2 is 2.12 bits per heavy atom. The number of rotatable bonds is 2. The molecule has 0 radical (unpaired) electrons. The average molecular weight is 218 g/mol. The van der Waals surface area contributed by atoms with Crippen LogP contribution in [0.15, 0.2) is 18.3 Å². The van der Waals surface area contributed by atoms with Crippen molar-refractivity contribution in [2.75, 3.05) is 18.0 Å². The lowest BCUT2D eigenvalue weighted by Gasteiger charge is -2.32. The highest BCUT2D eigenvalue weighted by molar-refractivity contribution is 5.79. The molecule has 0 unspecified atom stereocenters. The van der Waals surface area contributed by atoms with Gasteiger partial charge in [-0.2, -0.15) is 0 Å². The number of nitrogens with two attached hydrogens (primary N) is 1. The monoisotopic (exact) mass is 218 g/mol. The van der Waals surface area contributed by atoms with Gasteiger partial charge in [-0.15, -0.1) is 0 Å². The van der Waals surface area contributed by atoms with Crippen molar-refractivity contribution >= 4 is 11.7 Å². The normalized spacial score (nSPS) is 17.4. The third kappa shape index (κ3) is 2.32. The van der Waals surface area contributed by atoms with Crippen LogP contribution in [-0.4, -0.2) is 23.9 Å². The molecule has 0 amide bonds. The first-order chi connectivity index (χ1) is 7.66. The first kappa shape index (κ1) is 10.9. The summed E-state index contributed by atoms with van der Waals surface area (Å²) < 4.78 is 0. The Balaban J connectivity index is 1.99. The lowest BCUT2D eigenvalue weighted by atomic mass is 9.96. The number of nitrogens with zero attached hydrogens (tertiary/aromatic N) is 2. The fourth-order valence-electron chi connectivity index (χ4n) is 2.07. The minimum atomic E-state index is 0.265. The summed E-state index contributed by atoms with van der Waals surface area (Å²) in [5.74, 6) is 1.63. The highest BCUT2D eigenvalue weighted by Gasteiger charge is 2.21. The van der Waals surface area contributed by atoms with E-state index in [9.17, 15) is 0 Å². The molecule has 1 aliphatic heterocycles. The Kier molecular flexibility index (Phi) is 3.08. The van der Waals surface area contributed by atoms with Crippen LogP contribution in [0.5, 0.6) is 0 Å². The van der Waals surface area contributed by atoms with Crippen LogP contribution in [0.2, 0.25) is 0 Å². The van der Waals surface area contributed by atoms with Crippen molar-refractivity contribution < 1.29 is 0 Å². The van der Waals surface area contributed by atoms with Crippen molar-refractivity contribution in [1.82, 2.24) is 4.98 Å². The maximum Gasteiger partial charge on any atom is 0.128 e. The molecule has 1 aromatic rings. The van der Waals surface area contributed by atoms with E-state index >= 15 is 0 Å². The van der Waals surface area contributed by atoms with Crippen LogP contribution in [-0.2, 0) is 0 Å². The number of piperidine rings is 1. The summed E-state index contributed by atoms with van der Waals surface area (Å²) in [6.07, 6.45) is 3.82. The van der Waals surface area contributed by atoms with Gasteiger partial charge in [0.2, 0.25) is 0 Å². The number of nitrogens with one attached hydrogen (secondary N) is 1. The van der Waals surface area contributed by atoms with Gasteiger partial charge in [-0.05, 0) is 31.4 Å². The second kappa shape index (κ2) is 4.51. The van der Waals surface area contributed by atoms with Gasteiger partial charge in [0.25, 0.3) is 0 Å². The van der Waals surface area contributed by atoms with Gasteiger partial charge in [0, 0.05) is 25.2 Å². The number of hydrogen-bond donors (Lipinski definition) is 2. The molecule has 86 valence electrons. The molecule has 0 bridgehead atoms. The molecular formula is C12H18N4. The zero-order valence-electron chi connectivity index (χ0n) is 9.61. The molecule has 1 aromatic heterocycles. The van der Waals surface area contributed by atoms with E-state index in [0.717, 1.165) is 31.7 Å². The maximum atomic E-state index is 7.43. The van der Waals surface area contributed by atoms with Crippen molar-refractivity contribution in [1.29, 1.82) is 5.41 Å². The zero-order valence-corrected chi connectivity index (χ0v) is 9.61. The first-order valence-electron chi connectivity index (χ1n) is 5.68. The fourth-order valence-corrected chi connectivity index (χ4v) is 2.07. The highest BCUT2D eigenvalue weighted by atomic mass is 15.2. The predicted octanol–water partition coefficient (Wildman–Crippen LogP) is 1.54. The van der Waals surface area contributed by atoms with Gasteiger partial charge >= 0.3 is 0 Å². The number of aryl methyl sites for hydroxylation is 1. The second-order valence-corrected chi connectivity index (χ2v) is 4.41. The standard InChI is InChI=1S/C12H18N4/c1-9-2-3-11(15-8-9)16-6-4-10(5-7-16)12(13)14/h2-3,8,10H,4-7H2,1H3,(H3,13,14). The summed E-state index contributed by atoms with van der Waals surface area (Å²) in [5.41, 5.74) is 6.70. The molecule has 1 aliphatic rings. The third-order valence-corrected chi connectivity index (χ3v) is 3.15. The third-order valence-electron chi connectivity index (χ3n) is 3.15. The van der Waals surface area contributed by atoms with Crippen LogP contribution in [0.4, 0.5) is 5.82 Å². The molecule has 4 heteroatoms. The molecule has 0 atom stereocenters. The number of aromatic nitrogens is 1. The molecule has 2 heterocycles. The smallest absolute Gasteiger partial charge is 0.128 e. The van der Waals surface area contributed by atoms with E-state index in [1.807, 2.05) is 13.1 Å². The predicted molar refractivity (Wildman–Crippen MR) is 65.8 cm³/mol. The Morgan fingerprint density at radius 1 is 1.44 bits per heavy atom. The molecule has 0 aromatic carbocycles. The average Bonchev–Trinajstić information content (AvgIpc) is 2.30. The second-order valence-electron chi connectivity index (χ2n) is 4.41. The minimum absolute atomic E-state index is 0.265. The van der Waals surface area contributed by atoms with Crippen molar-refractivity contribution in [2.45, 2.75) is 19.8 Å². The SMILES string of the molecule is Cc1ccc(N2CCC(C(=N)N)CC2)nc1. The van der Waals surface area contributed by atoms with Crippen molar-refractivity contribution in [3.8, 4) is 0 Å². The molecule has 16 heavy (non-hydrogen) atoms. The minimum Gasteiger partial charge on any atom is -0.387 e. The van der Waals surface area contributed by atoms with Crippen LogP contribution >= 0.6 is 0 Å². The lowest BCUT2D eigenvalue weighted by molar-refractivity contribution is 0.495. The maximum absolute atomic E-state index is 7.43. The molecule has 4 nitrogen and oxygen atoms in total. The van der Waals surface area contributed by atoms with Crippen molar-refractivity contribution in [2.24, 2.45) is 11.7 Å². The lowest BCUT2D eigenvalue weighted by Crippen LogP contribution is -2.38. The molecule has 1 fully saturated rings. The number of hydrogen-bond acceptors (Lipinski definition) is 3. The number of anilines is 1. The van der Waals surface area contributed by atoms with E-state index in [2.05, 4.69) is 22.0 Å². The van der Waals surface area contributed by atoms with E-state index in [0.29, 0.717) is 5.84 Å². The summed E-state index contributed by atoms with van der Waals surface area (Å²) in [6.45, 7) is 3.93. The van der Waals surface area contributed by atoms with E-state index < -0.39 is 0 Å². The van der Waals surface area contributed by atoms with Crippen LogP contribution < -0.4 is 10.6 Å². The Hall–Kier alpha value is -1.58. The highest BCUT2D eigenvalue weighted by Crippen LogP contribution is 2.21. The molecule has 0 spiro atoms. The van der Waals surface area contributed by atoms with Crippen LogP contribution in [0.1, 0.15) is 18.4 Å². The van der Waals surface area contributed by atoms with Crippen molar-refractivity contribution in [3.63, 3.8) is 0 Å². The van der Waals surface area contributed by atoms with E-state index in [1.54, 1.807) is 0 Å². The molecule has 2 rings (SSSR count). The van der Waals surface area contributed by atoms with Gasteiger partial charge in [-0.1, -0.05) is 6.07 Å². The summed E-state index contributed by atoms with van der Waals surface area (Å²) in [7, 11) is 0. The Morgan fingerprint density at radius 3 is 2.62 bits per heavy atom. The number of pyridine rings is 1. The van der Waals surface area contributed by atoms with E-state index in [4.69, 9.17) is 11.1 Å². The van der Waals surface area contributed by atoms with Gasteiger partial charge in [-0.3, -0.25) is 5.41 Å². The fraction of sp³-hybridized carbons (Fsp3) is 0.500. The van der Waals surface area contributed by atoms with E-state index in [1.165, 1.54) is 5.56 Å². The first-order valence-corrected chi connectivity index (χ1v) is 5.68. The molecule has 1 saturated heterocycles. The van der Waals surface area contributed by atoms with Crippen LogP contribution in [0.25, 0.3) is 0 Å². The summed E-state index contributed by atoms with van der Waals surface area (Å²) in [6, 6.07) is 4.14. The Labute approximate surface area is 96.0 Å². The topological polar surface area (TPSA) is 66.0 Å². The molecule has 3 N–H and O–H groups in total. The summed E-state index contributed by atoms with van der Waals surface area (Å²) in [4.78, 5) is 6.68. The summed E-state index contributed by atoms with van der Waals surface area (Å²) >= 11 is 0. The molecule has 0 aliphatic carbocycles. The summed E-state index contributed by atoms with van der Waals surface area (Å²) in [5, 5.41) is 7.43. The van der Waals surface area contributed by atoms with Crippen LogP contribution in [0.3, 0.4) is 0 Å². The van der Waals surface area contributed by atoms with Crippen LogP contribution in [0, 0.1) is 18.3 Å². The van der Waals surface area contributed by atoms with Gasteiger partial charge in [0.15, 0.2) is 0 Å². The van der Waals surface area contributed by atoms with Gasteiger partial charge < -0.3 is 10.6 Å². The van der Waals surface area contributed by atoms with Gasteiger partial charge in [0.1, 0.15) is 5.82 Å². The van der Waals surface area contributed by atoms with Gasteiger partial charge in [-0.25, -0.2) is 4.98 Å². The zero-order chi connectivity index (χ0) is 11.5. The van der Waals surface area contributed by atoms with Crippen molar-refractivity contribution in [3.05, 3.63) is 23.9 Å². The molecular weight excluding hydrogens is 200 g/mol. The quantitative estimate of drug-likeness (QED) is 0.584. The van der Waals surface area contributed by atoms with E-state index in [-0.39, 0.29) is 5.92 Å². The Bertz CT molecular complexity index is 363. The largest absolute Gasteiger partial charge is 0.387 e.